The molecule has 12 nitrogen and oxygen atoms in total. The second-order valence-corrected chi connectivity index (χ2v) is 15.8. The zero-order valence-corrected chi connectivity index (χ0v) is 31.6. The van der Waals surface area contributed by atoms with Crippen molar-refractivity contribution in [2.75, 3.05) is 77.5 Å². The topological polar surface area (TPSA) is 113 Å². The number of piperidine rings is 1. The highest BCUT2D eigenvalue weighted by Crippen LogP contribution is 2.42. The number of alkyl halides is 1. The minimum absolute atomic E-state index is 0.0471. The van der Waals surface area contributed by atoms with E-state index in [1.807, 2.05) is 25.2 Å². The quantitative estimate of drug-likeness (QED) is 0.132. The molecule has 4 aromatic rings. The number of nitrogens with zero attached hydrogens (tertiary/aromatic N) is 7. The molecule has 292 valence electrons. The average Bonchev–Trinajstić information content (AvgIpc) is 3.71. The molecule has 14 heteroatoms. The standard InChI is InChI=1S/C41H49F2N7O5/c1-27-7-4-12-49(23-27)38-33-22-44-36(35(43)37(33)45-39(46-38)54-25-41-11-6-13-50(41)24-30(42)21-41)32-20-31(55-40(52)48-16-14-47(2)15-17-48)19-29-9-3-8-28(34(29)32)10-5-18-53-26-51/h3,8-9,19-20,22,26-27,30H,4-7,10-18,21,23-25H2,1-2H3/t27?,30-,41+/m1/s1. The number of anilines is 1. The first kappa shape index (κ1) is 37.2. The number of benzene rings is 2. The molecule has 3 atom stereocenters. The Labute approximate surface area is 319 Å². The number of carbonyl (C=O) groups excluding carboxylic acids is 2. The molecular formula is C41H49F2N7O5. The van der Waals surface area contributed by atoms with Crippen LogP contribution >= 0.6 is 0 Å². The Morgan fingerprint density at radius 2 is 1.93 bits per heavy atom. The molecule has 0 N–H and O–H groups in total. The fourth-order valence-corrected chi connectivity index (χ4v) is 9.03. The summed E-state index contributed by atoms with van der Waals surface area (Å²) in [4.78, 5) is 46.7. The summed E-state index contributed by atoms with van der Waals surface area (Å²) in [6.07, 6.45) is 5.60. The summed E-state index contributed by atoms with van der Waals surface area (Å²) in [5.74, 6) is 0.607. The van der Waals surface area contributed by atoms with E-state index in [9.17, 15) is 14.0 Å². The number of hydrogen-bond donors (Lipinski definition) is 0. The largest absolute Gasteiger partial charge is 0.468 e. The van der Waals surface area contributed by atoms with Crippen LogP contribution in [0, 0.1) is 11.7 Å². The molecule has 0 spiro atoms. The number of piperazine rings is 1. The number of aromatic nitrogens is 3. The number of rotatable bonds is 11. The highest BCUT2D eigenvalue weighted by atomic mass is 19.1. The van der Waals surface area contributed by atoms with E-state index in [0.717, 1.165) is 74.7 Å². The van der Waals surface area contributed by atoms with Crippen molar-refractivity contribution < 1.29 is 32.6 Å². The Hall–Kier alpha value is -4.69. The second kappa shape index (κ2) is 15.8. The van der Waals surface area contributed by atoms with Crippen molar-refractivity contribution in [3.63, 3.8) is 0 Å². The van der Waals surface area contributed by atoms with Crippen molar-refractivity contribution in [2.45, 2.75) is 63.6 Å². The molecule has 0 aliphatic carbocycles. The highest BCUT2D eigenvalue weighted by molar-refractivity contribution is 6.02. The summed E-state index contributed by atoms with van der Waals surface area (Å²) in [6.45, 7) is 8.36. The number of halogens is 2. The maximum Gasteiger partial charge on any atom is 0.415 e. The van der Waals surface area contributed by atoms with Gasteiger partial charge in [-0.3, -0.25) is 14.7 Å². The van der Waals surface area contributed by atoms with E-state index in [0.29, 0.717) is 68.1 Å². The normalized spacial score (nSPS) is 23.3. The molecule has 2 aromatic carbocycles. The molecule has 0 bridgehead atoms. The highest BCUT2D eigenvalue weighted by Gasteiger charge is 2.49. The van der Waals surface area contributed by atoms with Crippen LogP contribution in [0.5, 0.6) is 11.8 Å². The summed E-state index contributed by atoms with van der Waals surface area (Å²) in [5, 5.41) is 1.96. The maximum atomic E-state index is 17.4. The van der Waals surface area contributed by atoms with Gasteiger partial charge in [0.2, 0.25) is 0 Å². The Kier molecular flexibility index (Phi) is 10.7. The molecule has 0 saturated carbocycles. The maximum absolute atomic E-state index is 17.4. The first-order valence-corrected chi connectivity index (χ1v) is 19.6. The van der Waals surface area contributed by atoms with E-state index in [2.05, 4.69) is 21.6 Å². The van der Waals surface area contributed by atoms with Crippen LogP contribution in [0.4, 0.5) is 19.4 Å². The van der Waals surface area contributed by atoms with E-state index in [1.54, 1.807) is 23.2 Å². The van der Waals surface area contributed by atoms with Crippen molar-refractivity contribution in [3.05, 3.63) is 47.9 Å². The van der Waals surface area contributed by atoms with E-state index >= 15 is 4.39 Å². The van der Waals surface area contributed by atoms with Crippen molar-refractivity contribution in [1.29, 1.82) is 0 Å². The Morgan fingerprint density at radius 1 is 1.07 bits per heavy atom. The second-order valence-electron chi connectivity index (χ2n) is 15.8. The van der Waals surface area contributed by atoms with Crippen LogP contribution < -0.4 is 14.4 Å². The lowest BCUT2D eigenvalue weighted by Gasteiger charge is -2.33. The van der Waals surface area contributed by atoms with Gasteiger partial charge in [0.1, 0.15) is 35.6 Å². The van der Waals surface area contributed by atoms with Gasteiger partial charge >= 0.3 is 12.1 Å². The lowest BCUT2D eigenvalue weighted by atomic mass is 9.94. The van der Waals surface area contributed by atoms with Gasteiger partial charge in [-0.1, -0.05) is 25.1 Å². The van der Waals surface area contributed by atoms with Crippen LogP contribution in [0.3, 0.4) is 0 Å². The molecule has 0 radical (unpaired) electrons. The third-order valence-corrected chi connectivity index (χ3v) is 11.9. The Bertz CT molecular complexity index is 2060. The van der Waals surface area contributed by atoms with Gasteiger partial charge in [0, 0.05) is 64.0 Å². The van der Waals surface area contributed by atoms with Crippen LogP contribution in [0.15, 0.2) is 36.5 Å². The molecule has 1 unspecified atom stereocenters. The molecule has 4 saturated heterocycles. The van der Waals surface area contributed by atoms with Crippen LogP contribution in [-0.2, 0) is 16.0 Å². The Morgan fingerprint density at radius 3 is 2.75 bits per heavy atom. The minimum atomic E-state index is -0.910. The van der Waals surface area contributed by atoms with Crippen LogP contribution in [-0.4, -0.2) is 127 Å². The van der Waals surface area contributed by atoms with Gasteiger partial charge in [-0.2, -0.15) is 9.97 Å². The van der Waals surface area contributed by atoms with Gasteiger partial charge < -0.3 is 28.9 Å². The summed E-state index contributed by atoms with van der Waals surface area (Å²) >= 11 is 0. The molecule has 4 aliphatic heterocycles. The van der Waals surface area contributed by atoms with E-state index in [4.69, 9.17) is 29.2 Å². The lowest BCUT2D eigenvalue weighted by molar-refractivity contribution is -0.128. The summed E-state index contributed by atoms with van der Waals surface area (Å²) in [5.41, 5.74) is 1.04. The van der Waals surface area contributed by atoms with Crippen LogP contribution in [0.1, 0.15) is 51.0 Å². The zero-order valence-electron chi connectivity index (χ0n) is 31.6. The van der Waals surface area contributed by atoms with Gasteiger partial charge in [0.05, 0.1) is 17.5 Å². The average molecular weight is 758 g/mol. The van der Waals surface area contributed by atoms with Crippen LogP contribution in [0.25, 0.3) is 32.9 Å². The molecule has 6 heterocycles. The van der Waals surface area contributed by atoms with Crippen molar-refractivity contribution in [3.8, 4) is 23.0 Å². The number of hydrogen-bond acceptors (Lipinski definition) is 11. The fraction of sp³-hybridized carbons (Fsp3) is 0.537. The summed E-state index contributed by atoms with van der Waals surface area (Å²) in [7, 11) is 2.02. The zero-order chi connectivity index (χ0) is 38.1. The number of ether oxygens (including phenoxy) is 3. The summed E-state index contributed by atoms with van der Waals surface area (Å²) in [6, 6.07) is 9.28. The first-order valence-electron chi connectivity index (χ1n) is 19.6. The third-order valence-electron chi connectivity index (χ3n) is 11.9. The number of likely N-dealkylation sites (N-methyl/N-ethyl adjacent to an activating group) is 1. The number of carbonyl (C=O) groups is 2. The molecule has 8 rings (SSSR count). The smallest absolute Gasteiger partial charge is 0.415 e. The molecule has 4 aliphatic rings. The summed E-state index contributed by atoms with van der Waals surface area (Å²) < 4.78 is 49.3. The van der Waals surface area contributed by atoms with Gasteiger partial charge in [-0.05, 0) is 86.5 Å². The van der Waals surface area contributed by atoms with E-state index in [-0.39, 0.29) is 36.2 Å². The van der Waals surface area contributed by atoms with E-state index in [1.165, 1.54) is 0 Å². The number of pyridine rings is 1. The van der Waals surface area contributed by atoms with Crippen molar-refractivity contribution in [2.24, 2.45) is 5.92 Å². The van der Waals surface area contributed by atoms with Gasteiger partial charge in [-0.25, -0.2) is 13.6 Å². The van der Waals surface area contributed by atoms with E-state index < -0.39 is 23.6 Å². The first-order chi connectivity index (χ1) is 26.7. The molecule has 1 amide bonds. The monoisotopic (exact) mass is 757 g/mol. The molecule has 4 fully saturated rings. The molecular weight excluding hydrogens is 708 g/mol. The minimum Gasteiger partial charge on any atom is -0.468 e. The van der Waals surface area contributed by atoms with Gasteiger partial charge in [-0.15, -0.1) is 0 Å². The van der Waals surface area contributed by atoms with Gasteiger partial charge in [0.25, 0.3) is 6.47 Å². The molecule has 55 heavy (non-hydrogen) atoms. The number of amides is 1. The lowest BCUT2D eigenvalue weighted by Crippen LogP contribution is -2.48. The third kappa shape index (κ3) is 7.62. The van der Waals surface area contributed by atoms with Crippen LogP contribution in [0.2, 0.25) is 0 Å². The van der Waals surface area contributed by atoms with Gasteiger partial charge in [0.15, 0.2) is 5.82 Å². The fourth-order valence-electron chi connectivity index (χ4n) is 9.03. The molecule has 2 aromatic heterocycles. The predicted molar refractivity (Wildman–Crippen MR) is 205 cm³/mol. The predicted octanol–water partition coefficient (Wildman–Crippen LogP) is 6.03. The van der Waals surface area contributed by atoms with Crippen molar-refractivity contribution in [1.82, 2.24) is 29.7 Å². The van der Waals surface area contributed by atoms with Crippen molar-refractivity contribution >= 4 is 40.1 Å². The number of fused-ring (bicyclic) bond motifs is 3. The Balaban J connectivity index is 1.22. The SMILES string of the molecule is CC1CCCN(c2nc(OC[C@@]34CCCN3C[C@H](F)C4)nc3c(F)c(-c4cc(OC(=O)N5CCN(C)CC5)cc5cccc(CCCOC=O)c45)ncc23)C1. The number of aryl methyl sites for hydroxylation is 1.